The minimum absolute atomic E-state index is 0.185. The van der Waals surface area contributed by atoms with Crippen molar-refractivity contribution in [2.24, 2.45) is 5.92 Å². The second kappa shape index (κ2) is 9.35. The fourth-order valence-electron chi connectivity index (χ4n) is 1.91. The molecule has 1 aromatic rings. The first-order chi connectivity index (χ1) is 10.1. The predicted molar refractivity (Wildman–Crippen MR) is 84.3 cm³/mol. The van der Waals surface area contributed by atoms with Crippen molar-refractivity contribution in [1.29, 1.82) is 5.26 Å². The van der Waals surface area contributed by atoms with Crippen LogP contribution in [0, 0.1) is 17.2 Å². The van der Waals surface area contributed by atoms with Crippen LogP contribution in [0.2, 0.25) is 0 Å². The number of rotatable bonds is 9. The van der Waals surface area contributed by atoms with Crippen molar-refractivity contribution < 1.29 is 9.53 Å². The Morgan fingerprint density at radius 2 is 2.33 bits per heavy atom. The largest absolute Gasteiger partial charge is 0.466 e. The van der Waals surface area contributed by atoms with Crippen LogP contribution in [0.1, 0.15) is 39.3 Å². The van der Waals surface area contributed by atoms with Gasteiger partial charge in [-0.3, -0.25) is 4.79 Å². The predicted octanol–water partition coefficient (Wildman–Crippen LogP) is 3.01. The minimum atomic E-state index is -0.185. The third-order valence-corrected chi connectivity index (χ3v) is 3.73. The van der Waals surface area contributed by atoms with Crippen molar-refractivity contribution in [2.75, 3.05) is 24.6 Å². The summed E-state index contributed by atoms with van der Waals surface area (Å²) in [5.74, 6) is 0.325. The van der Waals surface area contributed by atoms with Crippen LogP contribution in [0.5, 0.6) is 0 Å². The Hall–Kier alpha value is -1.61. The molecule has 0 saturated carbocycles. The Morgan fingerprint density at radius 3 is 2.95 bits per heavy atom. The van der Waals surface area contributed by atoms with E-state index in [0.717, 1.165) is 17.4 Å². The molecule has 0 unspecified atom stereocenters. The molecule has 1 rings (SSSR count). The molecule has 0 spiro atoms. The van der Waals surface area contributed by atoms with E-state index in [4.69, 9.17) is 10.00 Å². The van der Waals surface area contributed by atoms with Gasteiger partial charge in [-0.25, -0.2) is 4.98 Å². The number of nitriles is 1. The first-order valence-corrected chi connectivity index (χ1v) is 8.16. The van der Waals surface area contributed by atoms with E-state index in [2.05, 4.69) is 29.8 Å². The summed E-state index contributed by atoms with van der Waals surface area (Å²) in [7, 11) is 0. The lowest BCUT2D eigenvalue weighted by molar-refractivity contribution is -0.143. The lowest BCUT2D eigenvalue weighted by Gasteiger charge is -2.22. The molecule has 0 bridgehead atoms. The number of esters is 1. The highest BCUT2D eigenvalue weighted by Gasteiger charge is 2.13. The van der Waals surface area contributed by atoms with E-state index in [1.807, 2.05) is 5.38 Å². The summed E-state index contributed by atoms with van der Waals surface area (Å²) in [5, 5.41) is 11.7. The van der Waals surface area contributed by atoms with Crippen LogP contribution in [-0.2, 0) is 16.0 Å². The zero-order valence-electron chi connectivity index (χ0n) is 13.0. The third kappa shape index (κ3) is 6.58. The van der Waals surface area contributed by atoms with Crippen LogP contribution in [-0.4, -0.2) is 30.6 Å². The highest BCUT2D eigenvalue weighted by atomic mass is 32.1. The fourth-order valence-corrected chi connectivity index (χ4v) is 2.81. The molecule has 5 nitrogen and oxygen atoms in total. The first-order valence-electron chi connectivity index (χ1n) is 7.28. The van der Waals surface area contributed by atoms with Gasteiger partial charge in [-0.15, -0.1) is 11.3 Å². The highest BCUT2D eigenvalue weighted by molar-refractivity contribution is 7.13. The van der Waals surface area contributed by atoms with Crippen molar-refractivity contribution in [3.63, 3.8) is 0 Å². The SMILES string of the molecule is CCOC(=O)CCc1csc(N(CCC#N)CC(C)C)n1. The Kier molecular flexibility index (Phi) is 7.76. The number of thiazole rings is 1. The molecule has 6 heteroatoms. The van der Waals surface area contributed by atoms with Gasteiger partial charge in [0.2, 0.25) is 0 Å². The van der Waals surface area contributed by atoms with Crippen molar-refractivity contribution in [1.82, 2.24) is 4.98 Å². The van der Waals surface area contributed by atoms with Crippen LogP contribution >= 0.6 is 11.3 Å². The summed E-state index contributed by atoms with van der Waals surface area (Å²) in [5.41, 5.74) is 0.911. The molecule has 0 amide bonds. The first kappa shape index (κ1) is 17.4. The zero-order chi connectivity index (χ0) is 15.7. The zero-order valence-corrected chi connectivity index (χ0v) is 13.8. The number of ether oxygens (including phenoxy) is 1. The Labute approximate surface area is 130 Å². The molecule has 0 N–H and O–H groups in total. The van der Waals surface area contributed by atoms with Gasteiger partial charge in [-0.05, 0) is 12.8 Å². The molecule has 21 heavy (non-hydrogen) atoms. The molecule has 116 valence electrons. The van der Waals surface area contributed by atoms with E-state index in [9.17, 15) is 4.79 Å². The molecule has 1 aromatic heterocycles. The number of anilines is 1. The van der Waals surface area contributed by atoms with Crippen molar-refractivity contribution in [3.05, 3.63) is 11.1 Å². The Bertz CT molecular complexity index is 480. The smallest absolute Gasteiger partial charge is 0.306 e. The molecule has 0 radical (unpaired) electrons. The lowest BCUT2D eigenvalue weighted by atomic mass is 10.2. The molecule has 0 fully saturated rings. The number of aryl methyl sites for hydroxylation is 1. The molecule has 0 saturated heterocycles. The van der Waals surface area contributed by atoms with Crippen molar-refractivity contribution in [2.45, 2.75) is 40.0 Å². The third-order valence-electron chi connectivity index (χ3n) is 2.78. The minimum Gasteiger partial charge on any atom is -0.466 e. The molecular weight excluding hydrogens is 286 g/mol. The molecule has 0 aliphatic rings. The van der Waals surface area contributed by atoms with Crippen LogP contribution in [0.3, 0.4) is 0 Å². The summed E-state index contributed by atoms with van der Waals surface area (Å²) >= 11 is 1.57. The van der Waals surface area contributed by atoms with E-state index in [1.54, 1.807) is 18.3 Å². The number of nitrogens with zero attached hydrogens (tertiary/aromatic N) is 3. The average Bonchev–Trinajstić information content (AvgIpc) is 2.90. The van der Waals surface area contributed by atoms with Gasteiger partial charge in [0.25, 0.3) is 0 Å². The van der Waals surface area contributed by atoms with Gasteiger partial charge in [-0.2, -0.15) is 5.26 Å². The van der Waals surface area contributed by atoms with E-state index >= 15 is 0 Å². The Morgan fingerprint density at radius 1 is 1.57 bits per heavy atom. The standard InChI is InChI=1S/C15H23N3O2S/c1-4-20-14(19)7-6-13-11-21-15(17-13)18(9-5-8-16)10-12(2)3/h11-12H,4-7,9-10H2,1-3H3. The van der Waals surface area contributed by atoms with E-state index in [1.165, 1.54) is 0 Å². The van der Waals surface area contributed by atoms with Crippen LogP contribution in [0.4, 0.5) is 5.13 Å². The molecule has 1 heterocycles. The van der Waals surface area contributed by atoms with E-state index < -0.39 is 0 Å². The van der Waals surface area contributed by atoms with E-state index in [0.29, 0.717) is 38.3 Å². The van der Waals surface area contributed by atoms with Crippen LogP contribution in [0.25, 0.3) is 0 Å². The summed E-state index contributed by atoms with van der Waals surface area (Å²) in [6.45, 7) is 8.09. The topological polar surface area (TPSA) is 66.2 Å². The average molecular weight is 309 g/mol. The number of hydrogen-bond acceptors (Lipinski definition) is 6. The molecule has 0 aliphatic carbocycles. The summed E-state index contributed by atoms with van der Waals surface area (Å²) in [6.07, 6.45) is 1.45. The number of hydrogen-bond donors (Lipinski definition) is 0. The van der Waals surface area contributed by atoms with Gasteiger partial charge in [0.15, 0.2) is 5.13 Å². The van der Waals surface area contributed by atoms with Crippen molar-refractivity contribution >= 4 is 22.4 Å². The van der Waals surface area contributed by atoms with E-state index in [-0.39, 0.29) is 5.97 Å². The van der Waals surface area contributed by atoms with Gasteiger partial charge in [0, 0.05) is 24.9 Å². The fraction of sp³-hybridized carbons (Fsp3) is 0.667. The van der Waals surface area contributed by atoms with Gasteiger partial charge >= 0.3 is 5.97 Å². The summed E-state index contributed by atoms with van der Waals surface area (Å²) in [4.78, 5) is 18.1. The normalized spacial score (nSPS) is 10.4. The second-order valence-electron chi connectivity index (χ2n) is 5.17. The Balaban J connectivity index is 2.61. The van der Waals surface area contributed by atoms with Gasteiger partial charge in [0.05, 0.1) is 31.2 Å². The maximum absolute atomic E-state index is 11.4. The number of carbonyl (C=O) groups is 1. The molecule has 0 atom stereocenters. The molecule has 0 aliphatic heterocycles. The van der Waals surface area contributed by atoms with Gasteiger partial charge in [0.1, 0.15) is 0 Å². The highest BCUT2D eigenvalue weighted by Crippen LogP contribution is 2.22. The quantitative estimate of drug-likeness (QED) is 0.656. The second-order valence-corrected chi connectivity index (χ2v) is 6.01. The van der Waals surface area contributed by atoms with Gasteiger partial charge < -0.3 is 9.64 Å². The number of carbonyl (C=O) groups excluding carboxylic acids is 1. The maximum atomic E-state index is 11.4. The molecule has 0 aromatic carbocycles. The maximum Gasteiger partial charge on any atom is 0.306 e. The summed E-state index contributed by atoms with van der Waals surface area (Å²) < 4.78 is 4.91. The van der Waals surface area contributed by atoms with Gasteiger partial charge in [-0.1, -0.05) is 13.8 Å². The van der Waals surface area contributed by atoms with Crippen molar-refractivity contribution in [3.8, 4) is 6.07 Å². The summed E-state index contributed by atoms with van der Waals surface area (Å²) in [6, 6.07) is 2.18. The lowest BCUT2D eigenvalue weighted by Crippen LogP contribution is -2.28. The van der Waals surface area contributed by atoms with Crippen LogP contribution < -0.4 is 4.90 Å². The monoisotopic (exact) mass is 309 g/mol. The number of aromatic nitrogens is 1. The molecular formula is C15H23N3O2S. The van der Waals surface area contributed by atoms with Crippen LogP contribution in [0.15, 0.2) is 5.38 Å².